The third-order valence-corrected chi connectivity index (χ3v) is 8.86. The molecule has 0 spiro atoms. The number of carbonyl (C=O) groups is 2. The Morgan fingerprint density at radius 3 is 2.82 bits per heavy atom. The summed E-state index contributed by atoms with van der Waals surface area (Å²) < 4.78 is 18.7. The first kappa shape index (κ1) is 28.6. The lowest BCUT2D eigenvalue weighted by atomic mass is 10.0. The van der Waals surface area contributed by atoms with Gasteiger partial charge in [-0.15, -0.1) is 0 Å². The van der Waals surface area contributed by atoms with Crippen molar-refractivity contribution in [2.24, 2.45) is 0 Å². The van der Waals surface area contributed by atoms with Gasteiger partial charge in [0.15, 0.2) is 11.0 Å². The van der Waals surface area contributed by atoms with Gasteiger partial charge in [-0.05, 0) is 36.2 Å². The summed E-state index contributed by atoms with van der Waals surface area (Å²) in [6.07, 6.45) is 3.81. The van der Waals surface area contributed by atoms with Gasteiger partial charge in [0.25, 0.3) is 5.91 Å². The van der Waals surface area contributed by atoms with E-state index in [0.717, 1.165) is 0 Å². The number of anilines is 1. The minimum absolute atomic E-state index is 0.227. The highest BCUT2D eigenvalue weighted by atomic mass is 79.9. The van der Waals surface area contributed by atoms with Crippen molar-refractivity contribution in [2.75, 3.05) is 45.4 Å². The van der Waals surface area contributed by atoms with Gasteiger partial charge in [0, 0.05) is 51.9 Å². The van der Waals surface area contributed by atoms with Crippen molar-refractivity contribution in [3.63, 3.8) is 0 Å². The van der Waals surface area contributed by atoms with E-state index in [1.807, 2.05) is 10.8 Å². The molecule has 0 bridgehead atoms. The summed E-state index contributed by atoms with van der Waals surface area (Å²) in [7, 11) is 3.25. The maximum atomic E-state index is 13.0. The van der Waals surface area contributed by atoms with Crippen LogP contribution >= 0.6 is 38.9 Å². The Kier molecular flexibility index (Phi) is 9.47. The second-order valence-corrected chi connectivity index (χ2v) is 10.8. The molecule has 14 heteroatoms. The summed E-state index contributed by atoms with van der Waals surface area (Å²) in [5.74, 6) is -0.136. The summed E-state index contributed by atoms with van der Waals surface area (Å²) in [5, 5.41) is 4.20. The van der Waals surface area contributed by atoms with E-state index >= 15 is 0 Å². The van der Waals surface area contributed by atoms with E-state index in [1.165, 1.54) is 11.3 Å². The molecule has 0 aromatic carbocycles. The van der Waals surface area contributed by atoms with Gasteiger partial charge in [0.05, 0.1) is 34.9 Å². The van der Waals surface area contributed by atoms with Crippen LogP contribution in [0, 0.1) is 6.92 Å². The number of esters is 1. The summed E-state index contributed by atoms with van der Waals surface area (Å²) in [6.45, 7) is 5.96. The summed E-state index contributed by atoms with van der Waals surface area (Å²) in [4.78, 5) is 40.5. The lowest BCUT2D eigenvalue weighted by Gasteiger charge is -2.37. The number of carbonyl (C=O) groups excluding carboxylic acids is 2. The van der Waals surface area contributed by atoms with Gasteiger partial charge in [0.1, 0.15) is 16.3 Å². The summed E-state index contributed by atoms with van der Waals surface area (Å²) >= 11 is 10.9. The van der Waals surface area contributed by atoms with Crippen LogP contribution in [0.2, 0.25) is 5.02 Å². The molecule has 0 radical (unpaired) electrons. The van der Waals surface area contributed by atoms with E-state index < -0.39 is 5.97 Å². The molecule has 1 fully saturated rings. The van der Waals surface area contributed by atoms with Gasteiger partial charge in [0.2, 0.25) is 0 Å². The summed E-state index contributed by atoms with van der Waals surface area (Å²) in [6, 6.07) is -0.227. The zero-order valence-corrected chi connectivity index (χ0v) is 24.7. The molecule has 3 aromatic heterocycles. The van der Waals surface area contributed by atoms with Gasteiger partial charge in [-0.3, -0.25) is 4.79 Å². The maximum Gasteiger partial charge on any atom is 0.350 e. The number of hydrogen-bond acceptors (Lipinski definition) is 9. The van der Waals surface area contributed by atoms with Crippen molar-refractivity contribution < 1.29 is 23.8 Å². The molecular formula is C24H30BrClN6O5S. The van der Waals surface area contributed by atoms with E-state index in [9.17, 15) is 9.59 Å². The second kappa shape index (κ2) is 12.6. The van der Waals surface area contributed by atoms with E-state index in [-0.39, 0.29) is 24.7 Å². The highest BCUT2D eigenvalue weighted by molar-refractivity contribution is 9.10. The molecule has 0 unspecified atom stereocenters. The smallest absolute Gasteiger partial charge is 0.350 e. The molecule has 2 N–H and O–H groups in total. The number of nitrogens with one attached hydrogen (secondary N) is 2. The number of aromatic amines is 1. The molecular weight excluding hydrogens is 600 g/mol. The molecule has 1 aliphatic heterocycles. The number of aryl methyl sites for hydroxylation is 1. The van der Waals surface area contributed by atoms with Crippen molar-refractivity contribution in [2.45, 2.75) is 39.0 Å². The quantitative estimate of drug-likeness (QED) is 0.324. The molecule has 11 nitrogen and oxygen atoms in total. The van der Waals surface area contributed by atoms with Crippen LogP contribution < -0.4 is 10.2 Å². The minimum Gasteiger partial charge on any atom is -0.462 e. The highest BCUT2D eigenvalue weighted by Gasteiger charge is 2.34. The van der Waals surface area contributed by atoms with E-state index in [4.69, 9.17) is 30.8 Å². The largest absolute Gasteiger partial charge is 0.462 e. The van der Waals surface area contributed by atoms with Gasteiger partial charge < -0.3 is 34.0 Å². The third kappa shape index (κ3) is 5.91. The number of aromatic nitrogens is 4. The zero-order chi connectivity index (χ0) is 27.4. The molecule has 1 aliphatic rings. The summed E-state index contributed by atoms with van der Waals surface area (Å²) in [5.41, 5.74) is 1.55. The van der Waals surface area contributed by atoms with Crippen molar-refractivity contribution in [3.05, 3.63) is 38.2 Å². The van der Waals surface area contributed by atoms with Crippen molar-refractivity contribution in [1.82, 2.24) is 24.8 Å². The standard InChI is InChI=1S/C24H30BrClN6O5S/c1-5-37-23(34)20-19(21-27-7-9-31(21)10-11-35-3)30-24(38-20)32-8-6-14(15(12-32)36-4)29-22(33)18-16(25)17(26)13(2)28-18/h7,9,14-15,28H,5-6,8,10-12H2,1-4H3,(H,29,33)/t14-,15+/m1/s1. The van der Waals surface area contributed by atoms with Crippen LogP contribution in [0.25, 0.3) is 11.5 Å². The first-order valence-electron chi connectivity index (χ1n) is 12.1. The lowest BCUT2D eigenvalue weighted by Crippen LogP contribution is -2.55. The average Bonchev–Trinajstić information content (AvgIpc) is 3.62. The zero-order valence-electron chi connectivity index (χ0n) is 21.5. The first-order chi connectivity index (χ1) is 18.3. The Labute approximate surface area is 238 Å². The molecule has 1 saturated heterocycles. The van der Waals surface area contributed by atoms with E-state index in [0.29, 0.717) is 75.1 Å². The number of piperidine rings is 1. The van der Waals surface area contributed by atoms with Crippen molar-refractivity contribution in [1.29, 1.82) is 0 Å². The Morgan fingerprint density at radius 2 is 2.16 bits per heavy atom. The topological polar surface area (TPSA) is 124 Å². The fourth-order valence-corrected chi connectivity index (χ4v) is 6.00. The number of methoxy groups -OCH3 is 2. The number of rotatable bonds is 10. The molecule has 206 valence electrons. The Balaban J connectivity index is 1.55. The number of H-pyrrole nitrogens is 1. The van der Waals surface area contributed by atoms with Crippen molar-refractivity contribution >= 4 is 55.9 Å². The number of ether oxygens (including phenoxy) is 3. The molecule has 4 rings (SSSR count). The predicted octanol–water partition coefficient (Wildman–Crippen LogP) is 3.91. The number of imidazole rings is 1. The van der Waals surface area contributed by atoms with Crippen LogP contribution in [0.5, 0.6) is 0 Å². The highest BCUT2D eigenvalue weighted by Crippen LogP contribution is 2.35. The number of halogens is 2. The molecule has 0 aliphatic carbocycles. The molecule has 3 aromatic rings. The molecule has 4 heterocycles. The minimum atomic E-state index is -0.441. The van der Waals surface area contributed by atoms with Crippen molar-refractivity contribution in [3.8, 4) is 11.5 Å². The number of thiazole rings is 1. The van der Waals surface area contributed by atoms with Crippen LogP contribution in [0.1, 0.15) is 39.2 Å². The first-order valence-corrected chi connectivity index (χ1v) is 14.1. The lowest BCUT2D eigenvalue weighted by molar-refractivity contribution is 0.0531. The van der Waals surface area contributed by atoms with Crippen LogP contribution in [-0.2, 0) is 20.8 Å². The number of hydrogen-bond donors (Lipinski definition) is 2. The normalized spacial score (nSPS) is 17.6. The third-order valence-electron chi connectivity index (χ3n) is 6.27. The predicted molar refractivity (Wildman–Crippen MR) is 148 cm³/mol. The molecule has 2 atom stereocenters. The fraction of sp³-hybridized carbons (Fsp3) is 0.500. The SMILES string of the molecule is CCOC(=O)c1sc(N2CC[C@@H](NC(=O)c3[nH]c(C)c(Cl)c3Br)[C@@H](OC)C2)nc1-c1nccn1CCOC. The van der Waals surface area contributed by atoms with Gasteiger partial charge in [-0.2, -0.15) is 0 Å². The van der Waals surface area contributed by atoms with Crippen LogP contribution in [0.3, 0.4) is 0 Å². The molecule has 0 saturated carbocycles. The number of amides is 1. The van der Waals surface area contributed by atoms with Gasteiger partial charge in [-0.25, -0.2) is 14.8 Å². The van der Waals surface area contributed by atoms with Gasteiger partial charge >= 0.3 is 5.97 Å². The Hall–Kier alpha value is -2.45. The maximum absolute atomic E-state index is 13.0. The molecule has 38 heavy (non-hydrogen) atoms. The second-order valence-electron chi connectivity index (χ2n) is 8.67. The average molecular weight is 630 g/mol. The van der Waals surface area contributed by atoms with E-state index in [1.54, 1.807) is 34.3 Å². The van der Waals surface area contributed by atoms with E-state index in [2.05, 4.69) is 36.1 Å². The number of nitrogens with zero attached hydrogens (tertiary/aromatic N) is 4. The van der Waals surface area contributed by atoms with Crippen LogP contribution in [0.4, 0.5) is 5.13 Å². The molecule has 1 amide bonds. The monoisotopic (exact) mass is 628 g/mol. The Bertz CT molecular complexity index is 1290. The van der Waals surface area contributed by atoms with Crippen LogP contribution in [-0.4, -0.2) is 84.1 Å². The Morgan fingerprint density at radius 1 is 1.37 bits per heavy atom. The van der Waals surface area contributed by atoms with Crippen LogP contribution in [0.15, 0.2) is 16.9 Å². The van der Waals surface area contributed by atoms with Gasteiger partial charge in [-0.1, -0.05) is 22.9 Å². The fourth-order valence-electron chi connectivity index (χ4n) is 4.29.